The fourth-order valence-electron chi connectivity index (χ4n) is 18.5. The second kappa shape index (κ2) is 45.5. The van der Waals surface area contributed by atoms with Gasteiger partial charge in [-0.1, -0.05) is 12.5 Å². The van der Waals surface area contributed by atoms with E-state index >= 15 is 0 Å². The van der Waals surface area contributed by atoms with E-state index in [-0.39, 0.29) is 105 Å². The molecule has 0 spiro atoms. The Bertz CT molecular complexity index is 5190. The van der Waals surface area contributed by atoms with Gasteiger partial charge in [-0.3, -0.25) is 43.0 Å². The highest BCUT2D eigenvalue weighted by atomic mass is 19.2. The number of rotatable bonds is 26. The first-order valence-electron chi connectivity index (χ1n) is 46.4. The number of carbonyl (C=O) groups is 8. The van der Waals surface area contributed by atoms with Crippen molar-refractivity contribution in [2.75, 3.05) is 170 Å². The Balaban J connectivity index is 0.000000142. The first-order valence-corrected chi connectivity index (χ1v) is 46.4. The van der Waals surface area contributed by atoms with E-state index in [2.05, 4.69) is 45.5 Å². The number of piperazine rings is 4. The molecule has 32 heteroatoms. The first-order chi connectivity index (χ1) is 63.7. The molecule has 0 radical (unpaired) electrons. The maximum Gasteiger partial charge on any atom is 0.272 e. The Hall–Kier alpha value is -11.9. The number of aryl methyl sites for hydroxylation is 2. The predicted octanol–water partition coefficient (Wildman–Crippen LogP) is 13.7. The van der Waals surface area contributed by atoms with Crippen LogP contribution in [0.3, 0.4) is 0 Å². The number of benzene rings is 7. The van der Waals surface area contributed by atoms with E-state index in [1.807, 2.05) is 104 Å². The molecule has 0 bridgehead atoms. The molecule has 3 atom stereocenters. The number of halogens is 6. The lowest BCUT2D eigenvalue weighted by atomic mass is 9.90. The molecule has 7 aromatic carbocycles. The lowest BCUT2D eigenvalue weighted by Gasteiger charge is -2.41. The van der Waals surface area contributed by atoms with Crippen molar-refractivity contribution in [2.45, 2.75) is 148 Å². The molecule has 9 fully saturated rings. The molecule has 8 amide bonds. The third kappa shape index (κ3) is 24.9. The summed E-state index contributed by atoms with van der Waals surface area (Å²) in [7, 11) is 1.75. The highest BCUT2D eigenvalue weighted by Crippen LogP contribution is 2.33. The summed E-state index contributed by atoms with van der Waals surface area (Å²) in [6.45, 7) is 21.6. The molecule has 26 nitrogen and oxygen atoms in total. The van der Waals surface area contributed by atoms with Crippen molar-refractivity contribution in [3.63, 3.8) is 0 Å². The number of piperidine rings is 1. The molecule has 132 heavy (non-hydrogen) atoms. The lowest BCUT2D eigenvalue weighted by molar-refractivity contribution is -0.121. The van der Waals surface area contributed by atoms with Gasteiger partial charge in [-0.15, -0.1) is 0 Å². The second-order valence-corrected chi connectivity index (χ2v) is 35.3. The highest BCUT2D eigenvalue weighted by molar-refractivity contribution is 6.05. The van der Waals surface area contributed by atoms with Crippen molar-refractivity contribution in [1.29, 1.82) is 0 Å². The minimum atomic E-state index is -1.19. The Morgan fingerprint density at radius 2 is 0.780 bits per heavy atom. The van der Waals surface area contributed by atoms with Crippen LogP contribution in [0, 0.1) is 41.8 Å². The standard InChI is InChI=1S/3C25H29F2N3O3.C25H33N5O3/c1-18-5-3-12-28(18)13-4-16-33-20-10-8-19(9-11-20)30-15-14-29(17-23(30)31)25(32)21-6-2-7-22(26)24(21)27;1-18-4-2-11-28(18)12-3-15-33-21-8-6-20(7-9-21)30-14-13-29(17-24(30)31)25(32)22-16-19(26)5-10-23(22)27;1-18-4-2-11-28(18)12-3-15-33-21-8-6-20(7-9-21)30-14-13-29(17-24(30)31)25(32)19-5-10-22(26)23(27)16-19;1-18-16-23(27(2)26-18)25(32)29-14-15-30(24(31)17-29)20-6-8-21(9-7-20)33-22-10-12-28(13-11-22)19-4-3-5-19/h2,6-11,18H,3-5,12-17H2,1H3;2*5-10,16,18H,2-4,11-15,17H2,1H3;6-9,16,19,22H,3-5,10-15,17H2,1-2H3/t3*18-;/m111./s1. The SMILES string of the molecule is C[C@@H]1CCCN1CCCOc1ccc(N2CCN(C(=O)c3cc(F)ccc3F)CC2=O)cc1.C[C@@H]1CCCN1CCCOc1ccc(N2CCN(C(=O)c3ccc(F)c(F)c3)CC2=O)cc1.C[C@@H]1CCCN1CCCOc1ccc(N2CCN(C(=O)c3cccc(F)c3F)CC2=O)cc1.Cc1cc(C(=O)N2CCN(c3ccc(OC4CCN(C5CCC5)CC4)cc3)C(=O)C2)n(C)n1. The van der Waals surface area contributed by atoms with E-state index in [4.69, 9.17) is 18.9 Å². The van der Waals surface area contributed by atoms with Gasteiger partial charge in [0.15, 0.2) is 23.3 Å². The third-order valence-electron chi connectivity index (χ3n) is 26.4. The van der Waals surface area contributed by atoms with Gasteiger partial charge in [0.2, 0.25) is 23.6 Å². The zero-order valence-corrected chi connectivity index (χ0v) is 76.0. The number of likely N-dealkylation sites (tertiary alicyclic amines) is 4. The first kappa shape index (κ1) is 96.2. The van der Waals surface area contributed by atoms with Gasteiger partial charge in [0.05, 0.1) is 36.6 Å². The van der Waals surface area contributed by atoms with E-state index in [1.165, 1.54) is 110 Å². The molecule has 1 aromatic heterocycles. The summed E-state index contributed by atoms with van der Waals surface area (Å²) in [5, 5.41) is 4.24. The minimum Gasteiger partial charge on any atom is -0.494 e. The van der Waals surface area contributed by atoms with Crippen molar-refractivity contribution in [3.05, 3.63) is 221 Å². The number of nitrogens with zero attached hydrogens (tertiary/aromatic N) is 14. The van der Waals surface area contributed by atoms with Crippen LogP contribution >= 0.6 is 0 Å². The normalized spacial score (nSPS) is 19.6. The Labute approximate surface area is 767 Å². The predicted molar refractivity (Wildman–Crippen MR) is 490 cm³/mol. The molecule has 8 saturated heterocycles. The summed E-state index contributed by atoms with van der Waals surface area (Å²) >= 11 is 0. The Kier molecular flexibility index (Phi) is 33.2. The molecule has 704 valence electrons. The summed E-state index contributed by atoms with van der Waals surface area (Å²) in [4.78, 5) is 123. The van der Waals surface area contributed by atoms with Crippen LogP contribution in [0.5, 0.6) is 23.0 Å². The summed E-state index contributed by atoms with van der Waals surface area (Å²) in [6, 6.07) is 43.5. The van der Waals surface area contributed by atoms with Gasteiger partial charge >= 0.3 is 0 Å². The van der Waals surface area contributed by atoms with Gasteiger partial charge < -0.3 is 77.7 Å². The largest absolute Gasteiger partial charge is 0.494 e. The molecule has 0 N–H and O–H groups in total. The van der Waals surface area contributed by atoms with Gasteiger partial charge in [-0.2, -0.15) is 5.10 Å². The average Bonchev–Trinajstić information content (AvgIpc) is 1.52. The molecule has 17 rings (SSSR count). The maximum absolute atomic E-state index is 14.0. The molecular weight excluding hydrogens is 1700 g/mol. The van der Waals surface area contributed by atoms with Crippen LogP contribution in [0.2, 0.25) is 0 Å². The molecule has 9 aliphatic rings. The van der Waals surface area contributed by atoms with Crippen molar-refractivity contribution < 1.29 is 83.6 Å². The van der Waals surface area contributed by atoms with Crippen LogP contribution < -0.4 is 38.5 Å². The van der Waals surface area contributed by atoms with Gasteiger partial charge in [0.1, 0.15) is 72.6 Å². The van der Waals surface area contributed by atoms with E-state index in [1.54, 1.807) is 42.3 Å². The summed E-state index contributed by atoms with van der Waals surface area (Å²) < 4.78 is 107. The summed E-state index contributed by atoms with van der Waals surface area (Å²) in [6.07, 6.45) is 17.0. The second-order valence-electron chi connectivity index (χ2n) is 35.3. The molecule has 1 saturated carbocycles. The molecule has 8 aromatic rings. The summed E-state index contributed by atoms with van der Waals surface area (Å²) in [5.74, 6) is -5.66. The van der Waals surface area contributed by atoms with E-state index in [0.717, 1.165) is 147 Å². The topological polar surface area (TPSA) is 230 Å². The Morgan fingerprint density at radius 3 is 1.16 bits per heavy atom. The zero-order chi connectivity index (χ0) is 93.1. The maximum atomic E-state index is 14.0. The number of ether oxygens (including phenoxy) is 4. The molecule has 8 aliphatic heterocycles. The van der Waals surface area contributed by atoms with Crippen LogP contribution in [-0.4, -0.2) is 277 Å². The van der Waals surface area contributed by atoms with E-state index in [9.17, 15) is 64.7 Å². The number of aromatic nitrogens is 2. The smallest absolute Gasteiger partial charge is 0.272 e. The number of hydrogen-bond donors (Lipinski definition) is 0. The number of hydrogen-bond acceptors (Lipinski definition) is 17. The Morgan fingerprint density at radius 1 is 0.379 bits per heavy atom. The number of amides is 8. The molecule has 0 unspecified atom stereocenters. The van der Waals surface area contributed by atoms with E-state index < -0.39 is 52.6 Å². The fourth-order valence-corrected chi connectivity index (χ4v) is 18.5. The van der Waals surface area contributed by atoms with Crippen molar-refractivity contribution >= 4 is 70.0 Å². The third-order valence-corrected chi connectivity index (χ3v) is 26.4. The van der Waals surface area contributed by atoms with Gasteiger partial charge in [-0.05, 0) is 282 Å². The number of carbonyl (C=O) groups excluding carboxylic acids is 8. The van der Waals surface area contributed by atoms with Crippen LogP contribution in [-0.2, 0) is 26.2 Å². The van der Waals surface area contributed by atoms with Crippen molar-refractivity contribution in [3.8, 4) is 23.0 Å². The van der Waals surface area contributed by atoms with E-state index in [0.29, 0.717) is 81.2 Å². The minimum absolute atomic E-state index is 0.0239. The van der Waals surface area contributed by atoms with Crippen molar-refractivity contribution in [2.24, 2.45) is 7.05 Å². The monoisotopic (exact) mass is 1820 g/mol. The zero-order valence-electron chi connectivity index (χ0n) is 76.0. The molecular formula is C100H120F6N14O12. The molecule has 1 aliphatic carbocycles. The highest BCUT2D eigenvalue weighted by Gasteiger charge is 2.37. The average molecular weight is 1820 g/mol. The van der Waals surface area contributed by atoms with Gasteiger partial charge in [0, 0.05) is 145 Å². The van der Waals surface area contributed by atoms with Gasteiger partial charge in [-0.25, -0.2) is 26.3 Å². The summed E-state index contributed by atoms with van der Waals surface area (Å²) in [5.41, 5.74) is 3.59. The van der Waals surface area contributed by atoms with Crippen molar-refractivity contribution in [1.82, 2.24) is 49.0 Å². The number of anilines is 4. The fraction of sp³-hybridized carbons (Fsp3) is 0.470. The van der Waals surface area contributed by atoms with Crippen LogP contribution in [0.25, 0.3) is 0 Å². The van der Waals surface area contributed by atoms with Gasteiger partial charge in [0.25, 0.3) is 23.6 Å². The van der Waals surface area contributed by atoms with Crippen LogP contribution in [0.1, 0.15) is 158 Å². The molecule has 9 heterocycles. The van der Waals surface area contributed by atoms with Crippen LogP contribution in [0.4, 0.5) is 49.1 Å². The quantitative estimate of drug-likeness (QED) is 0.0362. The van der Waals surface area contributed by atoms with Crippen LogP contribution in [0.15, 0.2) is 158 Å². The lowest BCUT2D eigenvalue weighted by Crippen LogP contribution is -2.52.